The molecule has 0 aromatic heterocycles. The highest BCUT2D eigenvalue weighted by atomic mass is 35.5. The molecule has 3 aromatic carbocycles. The molecule has 0 amide bonds. The number of carbonyl (C=O) groups excluding carboxylic acids is 2. The molecule has 0 aliphatic carbocycles. The zero-order valence-corrected chi connectivity index (χ0v) is 17.9. The lowest BCUT2D eigenvalue weighted by Crippen LogP contribution is -2.12. The van der Waals surface area contributed by atoms with Crippen LogP contribution in [0.4, 0.5) is 0 Å². The van der Waals surface area contributed by atoms with Gasteiger partial charge in [-0.25, -0.2) is 4.79 Å². The van der Waals surface area contributed by atoms with E-state index >= 15 is 0 Å². The number of esters is 1. The normalized spacial score (nSPS) is 11.5. The summed E-state index contributed by atoms with van der Waals surface area (Å²) in [4.78, 5) is 24.6. The minimum absolute atomic E-state index is 0.0285. The van der Waals surface area contributed by atoms with Gasteiger partial charge in [-0.3, -0.25) is 4.79 Å². The van der Waals surface area contributed by atoms with Crippen LogP contribution in [0.5, 0.6) is 5.75 Å². The fraction of sp³-hybridized carbons (Fsp3) is 0.154. The summed E-state index contributed by atoms with van der Waals surface area (Å²) >= 11 is 5.84. The van der Waals surface area contributed by atoms with E-state index in [-0.39, 0.29) is 11.2 Å². The maximum atomic E-state index is 12.4. The first-order chi connectivity index (χ1) is 14.2. The van der Waals surface area contributed by atoms with Gasteiger partial charge in [-0.2, -0.15) is 0 Å². The second-order valence-corrected chi connectivity index (χ2v) is 8.43. The Morgan fingerprint density at radius 1 is 0.800 bits per heavy atom. The van der Waals surface area contributed by atoms with E-state index in [0.29, 0.717) is 21.9 Å². The van der Waals surface area contributed by atoms with Gasteiger partial charge in [0.05, 0.1) is 5.56 Å². The zero-order valence-electron chi connectivity index (χ0n) is 17.2. The van der Waals surface area contributed by atoms with Crippen molar-refractivity contribution in [3.8, 4) is 5.75 Å². The van der Waals surface area contributed by atoms with Crippen LogP contribution >= 0.6 is 11.6 Å². The van der Waals surface area contributed by atoms with Crippen molar-refractivity contribution in [3.05, 3.63) is 106 Å². The van der Waals surface area contributed by atoms with Gasteiger partial charge in [0.25, 0.3) is 0 Å². The van der Waals surface area contributed by atoms with Crippen molar-refractivity contribution in [2.24, 2.45) is 0 Å². The number of rotatable bonds is 5. The van der Waals surface area contributed by atoms with Gasteiger partial charge in [-0.15, -0.1) is 0 Å². The largest absolute Gasteiger partial charge is 0.423 e. The summed E-state index contributed by atoms with van der Waals surface area (Å²) in [6, 6.07) is 21.2. The molecule has 0 saturated heterocycles. The summed E-state index contributed by atoms with van der Waals surface area (Å²) in [6.45, 7) is 6.37. The molecule has 0 saturated carbocycles. The first-order valence-electron chi connectivity index (χ1n) is 9.63. The molecule has 30 heavy (non-hydrogen) atoms. The summed E-state index contributed by atoms with van der Waals surface area (Å²) in [7, 11) is 0. The van der Waals surface area contributed by atoms with Crippen LogP contribution in [0.2, 0.25) is 5.02 Å². The van der Waals surface area contributed by atoms with Gasteiger partial charge >= 0.3 is 5.97 Å². The maximum Gasteiger partial charge on any atom is 0.343 e. The molecule has 0 N–H and O–H groups in total. The molecule has 0 heterocycles. The SMILES string of the molecule is CC(C)(C)c1ccc(C(=O)Oc2ccc(C=CC(=O)c3ccc(Cl)cc3)cc2)cc1. The predicted molar refractivity (Wildman–Crippen MR) is 121 cm³/mol. The number of allylic oxidation sites excluding steroid dienone is 1. The molecule has 0 fully saturated rings. The summed E-state index contributed by atoms with van der Waals surface area (Å²) in [5.74, 6) is -0.0707. The fourth-order valence-corrected chi connectivity index (χ4v) is 2.93. The van der Waals surface area contributed by atoms with E-state index in [9.17, 15) is 9.59 Å². The standard InChI is InChI=1S/C26H23ClO3/c1-26(2,3)21-11-7-20(8-12-21)25(29)30-23-15-4-18(5-16-23)6-17-24(28)19-9-13-22(27)14-10-19/h4-17H,1-3H3. The van der Waals surface area contributed by atoms with Crippen molar-refractivity contribution in [1.29, 1.82) is 0 Å². The summed E-state index contributed by atoms with van der Waals surface area (Å²) < 4.78 is 5.44. The number of carbonyl (C=O) groups is 2. The van der Waals surface area contributed by atoms with Crippen LogP contribution in [0.3, 0.4) is 0 Å². The number of benzene rings is 3. The maximum absolute atomic E-state index is 12.4. The molecule has 0 radical (unpaired) electrons. The summed E-state index contributed by atoms with van der Waals surface area (Å²) in [5, 5.41) is 0.589. The molecule has 0 bridgehead atoms. The molecule has 0 atom stereocenters. The highest BCUT2D eigenvalue weighted by Gasteiger charge is 2.15. The van der Waals surface area contributed by atoms with Crippen LogP contribution in [0, 0.1) is 0 Å². The van der Waals surface area contributed by atoms with E-state index in [1.54, 1.807) is 66.7 Å². The Morgan fingerprint density at radius 2 is 1.37 bits per heavy atom. The lowest BCUT2D eigenvalue weighted by molar-refractivity contribution is 0.0734. The smallest absolute Gasteiger partial charge is 0.343 e. The van der Waals surface area contributed by atoms with Crippen LogP contribution < -0.4 is 4.74 Å². The Kier molecular flexibility index (Phi) is 6.53. The second-order valence-electron chi connectivity index (χ2n) is 7.99. The Morgan fingerprint density at radius 3 is 1.93 bits per heavy atom. The molecular weight excluding hydrogens is 396 g/mol. The summed E-state index contributed by atoms with van der Waals surface area (Å²) in [6.07, 6.45) is 3.22. The quantitative estimate of drug-likeness (QED) is 0.199. The first kappa shape index (κ1) is 21.5. The van der Waals surface area contributed by atoms with Gasteiger partial charge in [0.15, 0.2) is 5.78 Å². The van der Waals surface area contributed by atoms with Crippen molar-refractivity contribution < 1.29 is 14.3 Å². The average molecular weight is 419 g/mol. The zero-order chi connectivity index (χ0) is 21.7. The van der Waals surface area contributed by atoms with Crippen LogP contribution in [0.15, 0.2) is 78.9 Å². The van der Waals surface area contributed by atoms with Crippen LogP contribution in [-0.2, 0) is 5.41 Å². The van der Waals surface area contributed by atoms with Gasteiger partial charge < -0.3 is 4.74 Å². The monoisotopic (exact) mass is 418 g/mol. The summed E-state index contributed by atoms with van der Waals surface area (Å²) in [5.41, 5.74) is 3.08. The predicted octanol–water partition coefficient (Wildman–Crippen LogP) is 6.75. The molecule has 0 spiro atoms. The van der Waals surface area contributed by atoms with Crippen LogP contribution in [0.1, 0.15) is 52.6 Å². The lowest BCUT2D eigenvalue weighted by atomic mass is 9.87. The Labute approximate surface area is 182 Å². The fourth-order valence-electron chi connectivity index (χ4n) is 2.80. The molecule has 3 aromatic rings. The average Bonchev–Trinajstić information content (AvgIpc) is 2.73. The minimum Gasteiger partial charge on any atom is -0.423 e. The number of hydrogen-bond donors (Lipinski definition) is 0. The van der Waals surface area contributed by atoms with Crippen molar-refractivity contribution in [2.45, 2.75) is 26.2 Å². The Bertz CT molecular complexity index is 1060. The van der Waals surface area contributed by atoms with Crippen LogP contribution in [0.25, 0.3) is 6.08 Å². The van der Waals surface area contributed by atoms with Gasteiger partial charge in [0, 0.05) is 10.6 Å². The first-order valence-corrected chi connectivity index (χ1v) is 10.0. The number of ether oxygens (including phenoxy) is 1. The van der Waals surface area contributed by atoms with E-state index in [1.165, 1.54) is 6.08 Å². The molecule has 3 nitrogen and oxygen atoms in total. The third-order valence-electron chi connectivity index (χ3n) is 4.63. The third kappa shape index (κ3) is 5.68. The van der Waals surface area contributed by atoms with Crippen molar-refractivity contribution in [2.75, 3.05) is 0 Å². The van der Waals surface area contributed by atoms with Gasteiger partial charge in [0.2, 0.25) is 0 Å². The Balaban J connectivity index is 1.62. The van der Waals surface area contributed by atoms with E-state index in [4.69, 9.17) is 16.3 Å². The van der Waals surface area contributed by atoms with E-state index in [0.717, 1.165) is 11.1 Å². The number of ketones is 1. The molecule has 0 aliphatic heterocycles. The number of halogens is 1. The van der Waals surface area contributed by atoms with Gasteiger partial charge in [0.1, 0.15) is 5.75 Å². The second kappa shape index (κ2) is 9.10. The van der Waals surface area contributed by atoms with Gasteiger partial charge in [-0.05, 0) is 71.1 Å². The van der Waals surface area contributed by atoms with Crippen molar-refractivity contribution in [1.82, 2.24) is 0 Å². The van der Waals surface area contributed by atoms with Crippen molar-refractivity contribution >= 4 is 29.4 Å². The third-order valence-corrected chi connectivity index (χ3v) is 4.89. The molecule has 0 aliphatic rings. The van der Waals surface area contributed by atoms with E-state index < -0.39 is 5.97 Å². The Hall–Kier alpha value is -3.17. The topological polar surface area (TPSA) is 43.4 Å². The van der Waals surface area contributed by atoms with Crippen molar-refractivity contribution in [3.63, 3.8) is 0 Å². The highest BCUT2D eigenvalue weighted by molar-refractivity contribution is 6.30. The lowest BCUT2D eigenvalue weighted by Gasteiger charge is -2.18. The van der Waals surface area contributed by atoms with Gasteiger partial charge in [-0.1, -0.05) is 62.7 Å². The van der Waals surface area contributed by atoms with E-state index in [1.807, 2.05) is 12.1 Å². The number of hydrogen-bond acceptors (Lipinski definition) is 3. The van der Waals surface area contributed by atoms with Crippen LogP contribution in [-0.4, -0.2) is 11.8 Å². The molecule has 152 valence electrons. The van der Waals surface area contributed by atoms with E-state index in [2.05, 4.69) is 20.8 Å². The molecular formula is C26H23ClO3. The highest BCUT2D eigenvalue weighted by Crippen LogP contribution is 2.23. The minimum atomic E-state index is -0.406. The molecule has 0 unspecified atom stereocenters. The molecule has 4 heteroatoms. The molecule has 3 rings (SSSR count).